The third-order valence-corrected chi connectivity index (χ3v) is 4.76. The van der Waals surface area contributed by atoms with Crippen molar-refractivity contribution in [2.24, 2.45) is 0 Å². The van der Waals surface area contributed by atoms with Gasteiger partial charge >= 0.3 is 0 Å². The van der Waals surface area contributed by atoms with Gasteiger partial charge in [-0.15, -0.1) is 0 Å². The van der Waals surface area contributed by atoms with Gasteiger partial charge in [0.05, 0.1) is 16.7 Å². The molecule has 0 aromatic heterocycles. The molecule has 1 aliphatic rings. The zero-order valence-corrected chi connectivity index (χ0v) is 12.9. The van der Waals surface area contributed by atoms with Gasteiger partial charge in [0.1, 0.15) is 11.9 Å². The Morgan fingerprint density at radius 1 is 1.30 bits per heavy atom. The Bertz CT molecular complexity index is 708. The smallest absolute Gasteiger partial charge is 0.139 e. The Kier molecular flexibility index (Phi) is 3.69. The molecule has 0 bridgehead atoms. The molecule has 2 aromatic carbocycles. The van der Waals surface area contributed by atoms with Crippen LogP contribution in [0.15, 0.2) is 40.9 Å². The summed E-state index contributed by atoms with van der Waals surface area (Å²) < 4.78 is 6.87. The molecule has 1 unspecified atom stereocenters. The molecular weight excluding hydrogens is 338 g/mol. The average molecular weight is 349 g/mol. The summed E-state index contributed by atoms with van der Waals surface area (Å²) in [5.41, 5.74) is 3.05. The van der Waals surface area contributed by atoms with Crippen LogP contribution in [0.4, 0.5) is 0 Å². The number of aryl methyl sites for hydroxylation is 1. The Labute approximate surface area is 131 Å². The molecule has 0 fully saturated rings. The van der Waals surface area contributed by atoms with Crippen molar-refractivity contribution in [2.75, 3.05) is 0 Å². The van der Waals surface area contributed by atoms with Crippen LogP contribution < -0.4 is 4.74 Å². The van der Waals surface area contributed by atoms with Gasteiger partial charge in [-0.3, -0.25) is 0 Å². The van der Waals surface area contributed by atoms with Gasteiger partial charge in [-0.1, -0.05) is 23.7 Å². The number of halogens is 2. The first-order valence-corrected chi connectivity index (χ1v) is 7.49. The molecule has 0 heterocycles. The second-order valence-corrected chi connectivity index (χ2v) is 5.95. The molecule has 0 saturated heterocycles. The summed E-state index contributed by atoms with van der Waals surface area (Å²) in [7, 11) is 0. The minimum absolute atomic E-state index is 0.00421. The summed E-state index contributed by atoms with van der Waals surface area (Å²) in [6, 6.07) is 13.6. The number of benzene rings is 2. The van der Waals surface area contributed by atoms with Crippen LogP contribution in [0.1, 0.15) is 29.2 Å². The maximum Gasteiger partial charge on any atom is 0.139 e. The topological polar surface area (TPSA) is 33.0 Å². The van der Waals surface area contributed by atoms with E-state index >= 15 is 0 Å². The normalized spacial score (nSPS) is 16.6. The van der Waals surface area contributed by atoms with Gasteiger partial charge in [0, 0.05) is 4.47 Å². The van der Waals surface area contributed by atoms with Crippen LogP contribution in [0.2, 0.25) is 5.02 Å². The molecule has 0 amide bonds. The van der Waals surface area contributed by atoms with E-state index in [1.165, 1.54) is 5.56 Å². The number of hydrogen-bond acceptors (Lipinski definition) is 2. The number of rotatable bonds is 2. The van der Waals surface area contributed by atoms with E-state index in [1.807, 2.05) is 36.4 Å². The Morgan fingerprint density at radius 2 is 2.15 bits per heavy atom. The van der Waals surface area contributed by atoms with Crippen LogP contribution in [-0.2, 0) is 6.42 Å². The zero-order chi connectivity index (χ0) is 14.1. The predicted octanol–water partition coefficient (Wildman–Crippen LogP) is 5.04. The summed E-state index contributed by atoms with van der Waals surface area (Å²) in [6.45, 7) is 0. The van der Waals surface area contributed by atoms with Gasteiger partial charge in [0.25, 0.3) is 0 Å². The molecule has 0 N–H and O–H groups in total. The largest absolute Gasteiger partial charge is 0.484 e. The van der Waals surface area contributed by atoms with Gasteiger partial charge in [-0.05, 0) is 64.2 Å². The monoisotopic (exact) mass is 347 g/mol. The lowest BCUT2D eigenvalue weighted by atomic mass is 10.1. The quantitative estimate of drug-likeness (QED) is 0.761. The minimum atomic E-state index is 0.00421. The Morgan fingerprint density at radius 3 is 2.95 bits per heavy atom. The highest BCUT2D eigenvalue weighted by molar-refractivity contribution is 9.10. The lowest BCUT2D eigenvalue weighted by molar-refractivity contribution is 0.207. The SMILES string of the molecule is N#Cc1ccc2c(c1)CCC2Oc1cccc(Br)c1Cl. The third-order valence-electron chi connectivity index (χ3n) is 3.48. The molecule has 100 valence electrons. The van der Waals surface area contributed by atoms with Crippen molar-refractivity contribution in [1.82, 2.24) is 0 Å². The second-order valence-electron chi connectivity index (χ2n) is 4.72. The van der Waals surface area contributed by atoms with Crippen molar-refractivity contribution in [3.05, 3.63) is 62.6 Å². The van der Waals surface area contributed by atoms with Crippen LogP contribution in [0.25, 0.3) is 0 Å². The average Bonchev–Trinajstić information content (AvgIpc) is 2.86. The lowest BCUT2D eigenvalue weighted by Gasteiger charge is -2.16. The fourth-order valence-electron chi connectivity index (χ4n) is 2.50. The highest BCUT2D eigenvalue weighted by Gasteiger charge is 2.25. The van der Waals surface area contributed by atoms with E-state index in [2.05, 4.69) is 22.0 Å². The maximum absolute atomic E-state index is 8.93. The number of ether oxygens (including phenoxy) is 1. The van der Waals surface area contributed by atoms with E-state index in [4.69, 9.17) is 21.6 Å². The molecule has 0 radical (unpaired) electrons. The van der Waals surface area contributed by atoms with Crippen LogP contribution in [0, 0.1) is 11.3 Å². The maximum atomic E-state index is 8.93. The van der Waals surface area contributed by atoms with Gasteiger partial charge < -0.3 is 4.74 Å². The van der Waals surface area contributed by atoms with E-state index in [-0.39, 0.29) is 6.10 Å². The summed E-state index contributed by atoms with van der Waals surface area (Å²) in [5, 5.41) is 9.53. The summed E-state index contributed by atoms with van der Waals surface area (Å²) in [6.07, 6.45) is 1.85. The fourth-order valence-corrected chi connectivity index (χ4v) is 3.02. The highest BCUT2D eigenvalue weighted by atomic mass is 79.9. The van der Waals surface area contributed by atoms with Crippen molar-refractivity contribution >= 4 is 27.5 Å². The molecule has 3 rings (SSSR count). The molecule has 1 aliphatic carbocycles. The summed E-state index contributed by atoms with van der Waals surface area (Å²) >= 11 is 9.63. The number of hydrogen-bond donors (Lipinski definition) is 0. The first-order valence-electron chi connectivity index (χ1n) is 6.32. The number of nitrogens with zero attached hydrogens (tertiary/aromatic N) is 1. The van der Waals surface area contributed by atoms with Crippen LogP contribution >= 0.6 is 27.5 Å². The van der Waals surface area contributed by atoms with Crippen LogP contribution in [0.3, 0.4) is 0 Å². The predicted molar refractivity (Wildman–Crippen MR) is 82.0 cm³/mol. The highest BCUT2D eigenvalue weighted by Crippen LogP contribution is 2.39. The molecule has 4 heteroatoms. The summed E-state index contributed by atoms with van der Waals surface area (Å²) in [5.74, 6) is 0.684. The van der Waals surface area contributed by atoms with E-state index in [0.717, 1.165) is 22.9 Å². The molecule has 2 nitrogen and oxygen atoms in total. The third kappa shape index (κ3) is 2.42. The van der Waals surface area contributed by atoms with Gasteiger partial charge in [0.2, 0.25) is 0 Å². The fraction of sp³-hybridized carbons (Fsp3) is 0.188. The molecule has 20 heavy (non-hydrogen) atoms. The van der Waals surface area contributed by atoms with E-state index in [9.17, 15) is 0 Å². The van der Waals surface area contributed by atoms with Crippen molar-refractivity contribution in [1.29, 1.82) is 5.26 Å². The van der Waals surface area contributed by atoms with Crippen molar-refractivity contribution in [2.45, 2.75) is 18.9 Å². The van der Waals surface area contributed by atoms with E-state index in [1.54, 1.807) is 0 Å². The van der Waals surface area contributed by atoms with Gasteiger partial charge in [-0.25, -0.2) is 0 Å². The van der Waals surface area contributed by atoms with E-state index in [0.29, 0.717) is 16.3 Å². The van der Waals surface area contributed by atoms with Crippen molar-refractivity contribution in [3.8, 4) is 11.8 Å². The van der Waals surface area contributed by atoms with E-state index < -0.39 is 0 Å². The van der Waals surface area contributed by atoms with Crippen LogP contribution in [-0.4, -0.2) is 0 Å². The standard InChI is InChI=1S/C16H11BrClNO/c17-13-2-1-3-15(16(13)18)20-14-7-5-11-8-10(9-19)4-6-12(11)14/h1-4,6,8,14H,5,7H2. The van der Waals surface area contributed by atoms with Gasteiger partial charge in [0.15, 0.2) is 0 Å². The summed E-state index contributed by atoms with van der Waals surface area (Å²) in [4.78, 5) is 0. The first-order chi connectivity index (χ1) is 9.69. The van der Waals surface area contributed by atoms with Crippen LogP contribution in [0.5, 0.6) is 5.75 Å². The van der Waals surface area contributed by atoms with Crippen molar-refractivity contribution in [3.63, 3.8) is 0 Å². The zero-order valence-electron chi connectivity index (χ0n) is 10.6. The van der Waals surface area contributed by atoms with Crippen molar-refractivity contribution < 1.29 is 4.74 Å². The molecule has 2 aromatic rings. The molecule has 0 spiro atoms. The van der Waals surface area contributed by atoms with Gasteiger partial charge in [-0.2, -0.15) is 5.26 Å². The first kappa shape index (κ1) is 13.5. The number of nitriles is 1. The number of fused-ring (bicyclic) bond motifs is 1. The molecule has 0 saturated carbocycles. The molecule has 0 aliphatic heterocycles. The lowest BCUT2D eigenvalue weighted by Crippen LogP contribution is -2.04. The molecule has 1 atom stereocenters. The minimum Gasteiger partial charge on any atom is -0.484 e. The Hall–Kier alpha value is -1.50. The Balaban J connectivity index is 1.89. The molecular formula is C16H11BrClNO. The second kappa shape index (κ2) is 5.47.